The van der Waals surface area contributed by atoms with Gasteiger partial charge in [-0.15, -0.1) is 0 Å². The van der Waals surface area contributed by atoms with E-state index in [-0.39, 0.29) is 0 Å². The molecule has 0 nitrogen and oxygen atoms in total. The topological polar surface area (TPSA) is 0 Å². The van der Waals surface area contributed by atoms with Gasteiger partial charge in [0.2, 0.25) is 0 Å². The van der Waals surface area contributed by atoms with Crippen LogP contribution in [0.25, 0.3) is 6.08 Å². The van der Waals surface area contributed by atoms with Crippen molar-refractivity contribution in [3.05, 3.63) is 65.8 Å². The largest absolute Gasteiger partial charge is 0.0877 e. The molecule has 0 aliphatic carbocycles. The fraction of sp³-hybridized carbons (Fsp3) is 0.143. The zero-order valence-corrected chi connectivity index (χ0v) is 8.77. The van der Waals surface area contributed by atoms with Gasteiger partial charge in [-0.05, 0) is 19.4 Å². The minimum Gasteiger partial charge on any atom is -0.0877 e. The van der Waals surface area contributed by atoms with E-state index in [1.807, 2.05) is 37.3 Å². The van der Waals surface area contributed by atoms with E-state index in [4.69, 9.17) is 0 Å². The predicted molar refractivity (Wildman–Crippen MR) is 64.0 cm³/mol. The summed E-state index contributed by atoms with van der Waals surface area (Å²) in [6.07, 6.45) is 10.4. The third-order valence-electron chi connectivity index (χ3n) is 1.89. The Bertz CT molecular complexity index is 340. The number of allylic oxidation sites excluding steroid dienone is 5. The lowest BCUT2D eigenvalue weighted by Gasteiger charge is -1.91. The van der Waals surface area contributed by atoms with Crippen molar-refractivity contribution >= 4 is 6.08 Å². The lowest BCUT2D eigenvalue weighted by molar-refractivity contribution is 1.52. The summed E-state index contributed by atoms with van der Waals surface area (Å²) in [4.78, 5) is 0. The Balaban J connectivity index is 2.65. The van der Waals surface area contributed by atoms with Crippen molar-refractivity contribution in [2.24, 2.45) is 0 Å². The molecule has 0 saturated carbocycles. The van der Waals surface area contributed by atoms with E-state index >= 15 is 0 Å². The number of benzene rings is 1. The second-order valence-corrected chi connectivity index (χ2v) is 3.18. The molecule has 0 saturated heterocycles. The maximum Gasteiger partial charge on any atom is -0.0257 e. The van der Waals surface area contributed by atoms with E-state index in [2.05, 4.69) is 37.3 Å². The lowest BCUT2D eigenvalue weighted by Crippen LogP contribution is -1.70. The Morgan fingerprint density at radius 1 is 1.14 bits per heavy atom. The molecule has 1 aromatic rings. The van der Waals surface area contributed by atoms with Crippen molar-refractivity contribution in [2.45, 2.75) is 13.8 Å². The Hall–Kier alpha value is -1.56. The van der Waals surface area contributed by atoms with E-state index in [1.54, 1.807) is 0 Å². The molecule has 0 heterocycles. The van der Waals surface area contributed by atoms with Gasteiger partial charge in [-0.1, -0.05) is 66.3 Å². The van der Waals surface area contributed by atoms with Gasteiger partial charge in [0.15, 0.2) is 0 Å². The van der Waals surface area contributed by atoms with Crippen molar-refractivity contribution in [2.75, 3.05) is 0 Å². The molecule has 0 aliphatic rings. The zero-order valence-electron chi connectivity index (χ0n) is 8.77. The predicted octanol–water partition coefficient (Wildman–Crippen LogP) is 4.22. The van der Waals surface area contributed by atoms with Crippen LogP contribution in [0.5, 0.6) is 0 Å². The molecule has 72 valence electrons. The highest BCUT2D eigenvalue weighted by Gasteiger charge is 1.82. The first-order chi connectivity index (χ1) is 6.83. The first-order valence-corrected chi connectivity index (χ1v) is 4.85. The molecule has 14 heavy (non-hydrogen) atoms. The van der Waals surface area contributed by atoms with Crippen molar-refractivity contribution in [3.8, 4) is 0 Å². The first kappa shape index (κ1) is 10.5. The van der Waals surface area contributed by atoms with Crippen LogP contribution in [0.4, 0.5) is 0 Å². The normalized spacial score (nSPS) is 12.9. The molecule has 0 unspecified atom stereocenters. The third kappa shape index (κ3) is 3.90. The van der Waals surface area contributed by atoms with E-state index in [1.165, 1.54) is 11.1 Å². The van der Waals surface area contributed by atoms with Crippen LogP contribution >= 0.6 is 0 Å². The van der Waals surface area contributed by atoms with Gasteiger partial charge in [-0.25, -0.2) is 0 Å². The second-order valence-electron chi connectivity index (χ2n) is 3.18. The molecule has 0 amide bonds. The third-order valence-corrected chi connectivity index (χ3v) is 1.89. The Kier molecular flexibility index (Phi) is 4.49. The van der Waals surface area contributed by atoms with Crippen LogP contribution in [0.3, 0.4) is 0 Å². The number of rotatable bonds is 3. The summed E-state index contributed by atoms with van der Waals surface area (Å²) < 4.78 is 0. The minimum absolute atomic E-state index is 1.24. The van der Waals surface area contributed by atoms with Crippen LogP contribution in [-0.2, 0) is 0 Å². The highest BCUT2D eigenvalue weighted by Crippen LogP contribution is 2.04. The zero-order chi connectivity index (χ0) is 10.2. The number of hydrogen-bond donors (Lipinski definition) is 0. The van der Waals surface area contributed by atoms with Gasteiger partial charge in [0.1, 0.15) is 0 Å². The van der Waals surface area contributed by atoms with Gasteiger partial charge >= 0.3 is 0 Å². The van der Waals surface area contributed by atoms with Crippen LogP contribution in [0.2, 0.25) is 0 Å². The van der Waals surface area contributed by atoms with Crippen molar-refractivity contribution in [1.29, 1.82) is 0 Å². The molecule has 1 rings (SSSR count). The molecule has 1 aromatic carbocycles. The molecule has 0 aliphatic heterocycles. The molecule has 0 N–H and O–H groups in total. The van der Waals surface area contributed by atoms with Gasteiger partial charge in [0, 0.05) is 0 Å². The van der Waals surface area contributed by atoms with E-state index in [0.717, 1.165) is 0 Å². The van der Waals surface area contributed by atoms with E-state index < -0.39 is 0 Å². The van der Waals surface area contributed by atoms with Crippen LogP contribution in [-0.4, -0.2) is 0 Å². The summed E-state index contributed by atoms with van der Waals surface area (Å²) in [5.74, 6) is 0. The highest BCUT2D eigenvalue weighted by molar-refractivity contribution is 5.52. The van der Waals surface area contributed by atoms with Gasteiger partial charge in [-0.3, -0.25) is 0 Å². The smallest absolute Gasteiger partial charge is 0.0257 e. The molecular weight excluding hydrogens is 168 g/mol. The summed E-state index contributed by atoms with van der Waals surface area (Å²) in [6.45, 7) is 4.12. The molecular formula is C14H16. The molecule has 0 spiro atoms. The van der Waals surface area contributed by atoms with Gasteiger partial charge in [0.05, 0.1) is 0 Å². The van der Waals surface area contributed by atoms with Crippen molar-refractivity contribution in [1.82, 2.24) is 0 Å². The molecule has 0 heteroatoms. The summed E-state index contributed by atoms with van der Waals surface area (Å²) >= 11 is 0. The van der Waals surface area contributed by atoms with Crippen LogP contribution in [0.1, 0.15) is 19.4 Å². The molecule has 0 aromatic heterocycles. The average molecular weight is 184 g/mol. The maximum absolute atomic E-state index is 2.12. The van der Waals surface area contributed by atoms with Crippen molar-refractivity contribution < 1.29 is 0 Å². The fourth-order valence-electron chi connectivity index (χ4n) is 1.10. The summed E-state index contributed by atoms with van der Waals surface area (Å²) in [6, 6.07) is 10.3. The van der Waals surface area contributed by atoms with Gasteiger partial charge < -0.3 is 0 Å². The lowest BCUT2D eigenvalue weighted by atomic mass is 10.1. The van der Waals surface area contributed by atoms with Crippen LogP contribution < -0.4 is 0 Å². The maximum atomic E-state index is 2.12. The molecule has 0 fully saturated rings. The van der Waals surface area contributed by atoms with E-state index in [9.17, 15) is 0 Å². The highest BCUT2D eigenvalue weighted by atomic mass is 13.9. The standard InChI is InChI=1S/C14H16/c1-3-4-8-13(2)11-12-14-9-6-5-7-10-14/h3-12H,1-2H3/b4-3+,12-11+,13-8+. The fourth-order valence-corrected chi connectivity index (χ4v) is 1.10. The second kappa shape index (κ2) is 5.98. The van der Waals surface area contributed by atoms with E-state index in [0.29, 0.717) is 0 Å². The Morgan fingerprint density at radius 3 is 2.50 bits per heavy atom. The summed E-state index contributed by atoms with van der Waals surface area (Å²) in [7, 11) is 0. The first-order valence-electron chi connectivity index (χ1n) is 4.85. The van der Waals surface area contributed by atoms with Gasteiger partial charge in [-0.2, -0.15) is 0 Å². The molecule has 0 atom stereocenters. The van der Waals surface area contributed by atoms with Crippen LogP contribution in [0, 0.1) is 0 Å². The van der Waals surface area contributed by atoms with Gasteiger partial charge in [0.25, 0.3) is 0 Å². The van der Waals surface area contributed by atoms with Crippen molar-refractivity contribution in [3.63, 3.8) is 0 Å². The van der Waals surface area contributed by atoms with Crippen LogP contribution in [0.15, 0.2) is 60.2 Å². The molecule has 0 radical (unpaired) electrons. The quantitative estimate of drug-likeness (QED) is 0.617. The summed E-state index contributed by atoms with van der Waals surface area (Å²) in [5.41, 5.74) is 2.49. The minimum atomic E-state index is 1.24. The molecule has 0 bridgehead atoms. The monoisotopic (exact) mass is 184 g/mol. The summed E-state index contributed by atoms with van der Waals surface area (Å²) in [5, 5.41) is 0. The number of hydrogen-bond acceptors (Lipinski definition) is 0. The average Bonchev–Trinajstić information content (AvgIpc) is 2.25. The Labute approximate surface area is 86.3 Å². The Morgan fingerprint density at radius 2 is 1.86 bits per heavy atom. The SMILES string of the molecule is C/C=C/C=C(C)/C=C/c1ccccc1.